The van der Waals surface area contributed by atoms with Gasteiger partial charge in [-0.15, -0.1) is 0 Å². The van der Waals surface area contributed by atoms with Crippen LogP contribution in [0.15, 0.2) is 70.2 Å². The molecular formula is C22H15ClFN5O3. The van der Waals surface area contributed by atoms with Crippen LogP contribution in [0, 0.1) is 5.82 Å². The standard InChI is InChI=1S/C22H15ClFN5O3/c23-17-4-2-1-3-15(17)21-25-18(27-32-21)11-28-9-10-29-20(22(28)31)16(12-30)19(26-29)13-5-7-14(24)8-6-13/h1-10,30H,11-12H2. The molecule has 3 aromatic heterocycles. The predicted molar refractivity (Wildman–Crippen MR) is 115 cm³/mol. The maximum atomic E-state index is 13.3. The number of benzene rings is 2. The zero-order valence-corrected chi connectivity index (χ0v) is 17.2. The fraction of sp³-hybridized carbons (Fsp3) is 0.0909. The molecule has 0 bridgehead atoms. The molecule has 0 fully saturated rings. The molecule has 0 aliphatic heterocycles. The third-order valence-electron chi connectivity index (χ3n) is 5.02. The quantitative estimate of drug-likeness (QED) is 0.439. The first-order chi connectivity index (χ1) is 15.5. The number of hydrogen-bond donors (Lipinski definition) is 1. The number of aliphatic hydroxyl groups excluding tert-OH is 1. The molecule has 1 N–H and O–H groups in total. The molecule has 0 amide bonds. The fourth-order valence-corrected chi connectivity index (χ4v) is 3.70. The molecule has 2 aromatic carbocycles. The van der Waals surface area contributed by atoms with Crippen molar-refractivity contribution in [3.05, 3.63) is 93.5 Å². The minimum atomic E-state index is -0.408. The Morgan fingerprint density at radius 3 is 2.62 bits per heavy atom. The van der Waals surface area contributed by atoms with Crippen LogP contribution in [-0.4, -0.2) is 29.4 Å². The van der Waals surface area contributed by atoms with Crippen LogP contribution in [0.4, 0.5) is 4.39 Å². The van der Waals surface area contributed by atoms with Gasteiger partial charge >= 0.3 is 0 Å². The number of rotatable bonds is 5. The molecule has 10 heteroatoms. The third kappa shape index (κ3) is 3.47. The Bertz CT molecular complexity index is 1490. The number of aromatic nitrogens is 5. The smallest absolute Gasteiger partial charge is 0.277 e. The number of aliphatic hydroxyl groups is 1. The highest BCUT2D eigenvalue weighted by atomic mass is 35.5. The summed E-state index contributed by atoms with van der Waals surface area (Å²) >= 11 is 6.18. The number of halogens is 2. The Balaban J connectivity index is 1.54. The molecule has 3 heterocycles. The Hall–Kier alpha value is -3.82. The molecule has 0 unspecified atom stereocenters. The highest BCUT2D eigenvalue weighted by molar-refractivity contribution is 6.33. The van der Waals surface area contributed by atoms with E-state index in [0.29, 0.717) is 27.4 Å². The molecule has 0 saturated heterocycles. The van der Waals surface area contributed by atoms with E-state index in [2.05, 4.69) is 15.2 Å². The van der Waals surface area contributed by atoms with Gasteiger partial charge in [-0.25, -0.2) is 8.91 Å². The maximum absolute atomic E-state index is 13.3. The zero-order valence-electron chi connectivity index (χ0n) is 16.4. The Labute approximate surface area is 185 Å². The fourth-order valence-electron chi connectivity index (χ4n) is 3.48. The van der Waals surface area contributed by atoms with Crippen molar-refractivity contribution in [2.75, 3.05) is 0 Å². The van der Waals surface area contributed by atoms with Crippen molar-refractivity contribution in [3.8, 4) is 22.7 Å². The van der Waals surface area contributed by atoms with Crippen LogP contribution in [0.1, 0.15) is 11.4 Å². The van der Waals surface area contributed by atoms with Gasteiger partial charge in [0.15, 0.2) is 5.82 Å². The zero-order chi connectivity index (χ0) is 22.2. The number of fused-ring (bicyclic) bond motifs is 1. The van der Waals surface area contributed by atoms with Gasteiger partial charge in [0, 0.05) is 23.5 Å². The monoisotopic (exact) mass is 451 g/mol. The van der Waals surface area contributed by atoms with Gasteiger partial charge in [0.25, 0.3) is 11.4 Å². The highest BCUT2D eigenvalue weighted by Gasteiger charge is 2.19. The largest absolute Gasteiger partial charge is 0.392 e. The van der Waals surface area contributed by atoms with Gasteiger partial charge in [-0.3, -0.25) is 4.79 Å². The molecule has 0 radical (unpaired) electrons. The van der Waals surface area contributed by atoms with E-state index in [1.54, 1.807) is 48.8 Å². The molecule has 32 heavy (non-hydrogen) atoms. The topological polar surface area (TPSA) is 98.4 Å². The van der Waals surface area contributed by atoms with Gasteiger partial charge in [-0.2, -0.15) is 10.1 Å². The van der Waals surface area contributed by atoms with Crippen molar-refractivity contribution < 1.29 is 14.0 Å². The van der Waals surface area contributed by atoms with Crippen molar-refractivity contribution in [1.29, 1.82) is 0 Å². The molecule has 5 aromatic rings. The van der Waals surface area contributed by atoms with E-state index in [9.17, 15) is 14.3 Å². The molecule has 0 saturated carbocycles. The summed E-state index contributed by atoms with van der Waals surface area (Å²) in [6.45, 7) is -0.362. The van der Waals surface area contributed by atoms with E-state index in [1.807, 2.05) is 0 Å². The van der Waals surface area contributed by atoms with Crippen molar-refractivity contribution in [2.24, 2.45) is 0 Å². The van der Waals surface area contributed by atoms with E-state index in [4.69, 9.17) is 16.1 Å². The summed E-state index contributed by atoms with van der Waals surface area (Å²) in [5, 5.41) is 18.8. The summed E-state index contributed by atoms with van der Waals surface area (Å²) in [5.74, 6) is 0.149. The Morgan fingerprint density at radius 1 is 1.09 bits per heavy atom. The molecular weight excluding hydrogens is 437 g/mol. The van der Waals surface area contributed by atoms with Crippen LogP contribution in [0.2, 0.25) is 5.02 Å². The molecule has 8 nitrogen and oxygen atoms in total. The lowest BCUT2D eigenvalue weighted by Gasteiger charge is -2.03. The van der Waals surface area contributed by atoms with Crippen molar-refractivity contribution in [2.45, 2.75) is 13.2 Å². The summed E-state index contributed by atoms with van der Waals surface area (Å²) < 4.78 is 21.4. The molecule has 0 spiro atoms. The van der Waals surface area contributed by atoms with Crippen LogP contribution in [-0.2, 0) is 13.2 Å². The van der Waals surface area contributed by atoms with Gasteiger partial charge in [-0.05, 0) is 36.4 Å². The Kier molecular flexibility index (Phi) is 5.04. The number of hydrogen-bond acceptors (Lipinski definition) is 6. The van der Waals surface area contributed by atoms with E-state index < -0.39 is 6.61 Å². The SMILES string of the molecule is O=c1c2c(CO)c(-c3ccc(F)cc3)nn2ccn1Cc1noc(-c2ccccc2Cl)n1. The molecule has 160 valence electrons. The molecule has 0 aliphatic carbocycles. The maximum Gasteiger partial charge on any atom is 0.277 e. The number of nitrogens with zero attached hydrogens (tertiary/aromatic N) is 5. The van der Waals surface area contributed by atoms with Crippen molar-refractivity contribution in [3.63, 3.8) is 0 Å². The summed E-state index contributed by atoms with van der Waals surface area (Å²) in [5.41, 5.74) is 1.76. The lowest BCUT2D eigenvalue weighted by atomic mass is 10.1. The van der Waals surface area contributed by atoms with Gasteiger partial charge in [-0.1, -0.05) is 28.9 Å². The first-order valence-corrected chi connectivity index (χ1v) is 9.98. The van der Waals surface area contributed by atoms with Crippen LogP contribution < -0.4 is 5.56 Å². The van der Waals surface area contributed by atoms with Crippen molar-refractivity contribution >= 4 is 17.1 Å². The minimum Gasteiger partial charge on any atom is -0.392 e. The Morgan fingerprint density at radius 2 is 1.88 bits per heavy atom. The van der Waals surface area contributed by atoms with Crippen LogP contribution in [0.3, 0.4) is 0 Å². The molecule has 5 rings (SSSR count). The summed E-state index contributed by atoms with van der Waals surface area (Å²) in [7, 11) is 0. The van der Waals surface area contributed by atoms with Crippen LogP contribution in [0.5, 0.6) is 0 Å². The van der Waals surface area contributed by atoms with E-state index in [-0.39, 0.29) is 35.2 Å². The minimum absolute atomic E-state index is 0.0468. The lowest BCUT2D eigenvalue weighted by molar-refractivity contribution is 0.283. The second-order valence-electron chi connectivity index (χ2n) is 7.01. The second kappa shape index (κ2) is 8.03. The van der Waals surface area contributed by atoms with Gasteiger partial charge in [0.1, 0.15) is 11.3 Å². The lowest BCUT2D eigenvalue weighted by Crippen LogP contribution is -2.23. The predicted octanol–water partition coefficient (Wildman–Crippen LogP) is 3.55. The average molecular weight is 452 g/mol. The first-order valence-electron chi connectivity index (χ1n) is 9.60. The molecule has 0 atom stereocenters. The van der Waals surface area contributed by atoms with E-state index in [0.717, 1.165) is 0 Å². The first kappa shape index (κ1) is 20.1. The normalized spacial score (nSPS) is 11.3. The summed E-state index contributed by atoms with van der Waals surface area (Å²) in [6, 6.07) is 12.8. The third-order valence-corrected chi connectivity index (χ3v) is 5.35. The summed E-state index contributed by atoms with van der Waals surface area (Å²) in [6.07, 6.45) is 3.14. The second-order valence-corrected chi connectivity index (χ2v) is 7.42. The summed E-state index contributed by atoms with van der Waals surface area (Å²) in [4.78, 5) is 17.5. The van der Waals surface area contributed by atoms with Crippen LogP contribution in [0.25, 0.3) is 28.2 Å². The molecule has 0 aliphatic rings. The highest BCUT2D eigenvalue weighted by Crippen LogP contribution is 2.27. The van der Waals surface area contributed by atoms with Crippen molar-refractivity contribution in [1.82, 2.24) is 24.3 Å². The van der Waals surface area contributed by atoms with Gasteiger partial charge in [0.05, 0.1) is 29.4 Å². The van der Waals surface area contributed by atoms with Gasteiger partial charge < -0.3 is 14.2 Å². The van der Waals surface area contributed by atoms with Gasteiger partial charge in [0.2, 0.25) is 0 Å². The van der Waals surface area contributed by atoms with E-state index >= 15 is 0 Å². The van der Waals surface area contributed by atoms with E-state index in [1.165, 1.54) is 21.2 Å². The van der Waals surface area contributed by atoms with Crippen LogP contribution >= 0.6 is 11.6 Å². The average Bonchev–Trinajstić information content (AvgIpc) is 3.41.